The molecule has 0 bridgehead atoms. The van der Waals surface area contributed by atoms with E-state index in [0.717, 1.165) is 39.9 Å². The van der Waals surface area contributed by atoms with Crippen molar-refractivity contribution in [3.63, 3.8) is 0 Å². The van der Waals surface area contributed by atoms with Crippen molar-refractivity contribution in [2.45, 2.75) is 39.4 Å². The van der Waals surface area contributed by atoms with Crippen LogP contribution in [0.2, 0.25) is 0 Å². The molecule has 3 aliphatic heterocycles. The van der Waals surface area contributed by atoms with Crippen LogP contribution in [0.4, 0.5) is 0 Å². The maximum Gasteiger partial charge on any atom is 0.231 e. The second-order valence-corrected chi connectivity index (χ2v) is 11.9. The summed E-state index contributed by atoms with van der Waals surface area (Å²) in [4.78, 5) is 15.5. The number of methoxy groups -OCH3 is 1. The molecule has 36 heavy (non-hydrogen) atoms. The molecule has 1 aromatic heterocycles. The predicted octanol–water partition coefficient (Wildman–Crippen LogP) is 3.93. The van der Waals surface area contributed by atoms with E-state index < -0.39 is 9.84 Å². The van der Waals surface area contributed by atoms with Crippen LogP contribution >= 0.6 is 0 Å². The molecule has 1 unspecified atom stereocenters. The lowest BCUT2D eigenvalue weighted by molar-refractivity contribution is 0.0637. The molecule has 188 valence electrons. The molecular weight excluding hydrogens is 480 g/mol. The zero-order chi connectivity index (χ0) is 25.2. The molecule has 0 N–H and O–H groups in total. The van der Waals surface area contributed by atoms with E-state index in [0.29, 0.717) is 36.8 Å². The van der Waals surface area contributed by atoms with Crippen LogP contribution in [0.3, 0.4) is 0 Å². The summed E-state index contributed by atoms with van der Waals surface area (Å²) < 4.78 is 43.6. The van der Waals surface area contributed by atoms with E-state index in [9.17, 15) is 13.2 Å². The van der Waals surface area contributed by atoms with E-state index >= 15 is 0 Å². The quantitative estimate of drug-likeness (QED) is 0.494. The Morgan fingerprint density at radius 3 is 2.78 bits per heavy atom. The van der Waals surface area contributed by atoms with Crippen molar-refractivity contribution in [2.24, 2.45) is 0 Å². The van der Waals surface area contributed by atoms with Crippen LogP contribution < -0.4 is 14.2 Å². The summed E-state index contributed by atoms with van der Waals surface area (Å²) >= 11 is 0. The van der Waals surface area contributed by atoms with E-state index in [1.54, 1.807) is 13.2 Å². The summed E-state index contributed by atoms with van der Waals surface area (Å²) in [5, 5.41) is 0.984. The summed E-state index contributed by atoms with van der Waals surface area (Å²) in [5.74, 6) is 2.46. The predicted molar refractivity (Wildman–Crippen MR) is 136 cm³/mol. The number of hydrogen-bond acceptors (Lipinski definition) is 7. The number of carbonyl (C=O) groups excluding carboxylic acids is 1. The van der Waals surface area contributed by atoms with E-state index in [2.05, 4.69) is 11.5 Å². The number of carbonyl (C=O) groups is 1. The molecule has 3 aliphatic rings. The lowest BCUT2D eigenvalue weighted by Crippen LogP contribution is -2.41. The first-order valence-electron chi connectivity index (χ1n) is 12.1. The third-order valence-corrected chi connectivity index (χ3v) is 9.19. The highest BCUT2D eigenvalue weighted by Gasteiger charge is 2.37. The van der Waals surface area contributed by atoms with Gasteiger partial charge in [0.15, 0.2) is 15.6 Å². The normalized spacial score (nSPS) is 21.9. The van der Waals surface area contributed by atoms with E-state index in [-0.39, 0.29) is 29.1 Å². The average Bonchev–Trinajstić information content (AvgIpc) is 3.52. The van der Waals surface area contributed by atoms with Crippen molar-refractivity contribution in [1.82, 2.24) is 9.47 Å². The fourth-order valence-electron chi connectivity index (χ4n) is 5.51. The van der Waals surface area contributed by atoms with E-state index in [1.165, 1.54) is 0 Å². The number of nitrogens with zero attached hydrogens (tertiary/aromatic N) is 2. The van der Waals surface area contributed by atoms with Crippen molar-refractivity contribution in [3.8, 4) is 17.2 Å². The number of Topliss-reactive ketones (excluding diaryl/α,β-unsaturated/α-hetero) is 1. The smallest absolute Gasteiger partial charge is 0.231 e. The van der Waals surface area contributed by atoms with Crippen LogP contribution in [0.1, 0.15) is 40.4 Å². The van der Waals surface area contributed by atoms with E-state index in [1.807, 2.05) is 42.3 Å². The fraction of sp³-hybridized carbons (Fsp3) is 0.370. The second-order valence-electron chi connectivity index (χ2n) is 9.64. The van der Waals surface area contributed by atoms with Crippen LogP contribution in [-0.2, 0) is 22.9 Å². The number of allylic oxidation sites excluding steroid dienone is 1. The molecule has 2 aromatic carbocycles. The molecule has 3 aromatic rings. The van der Waals surface area contributed by atoms with Gasteiger partial charge in [-0.1, -0.05) is 0 Å². The number of aromatic nitrogens is 1. The Labute approximate surface area is 210 Å². The van der Waals surface area contributed by atoms with Gasteiger partial charge in [0.05, 0.1) is 24.2 Å². The SMILES string of the molecule is CCn1cc(/C=C2\Oc3c(cc4c(c3C)OCN(C3CCS(=O)(=O)C3)C4)C2=O)c2cc(OC)ccc21. The molecule has 6 rings (SSSR count). The van der Waals surface area contributed by atoms with Gasteiger partial charge in [0.2, 0.25) is 5.78 Å². The van der Waals surface area contributed by atoms with Gasteiger partial charge >= 0.3 is 0 Å². The Bertz CT molecular complexity index is 1550. The molecule has 1 atom stereocenters. The number of benzene rings is 2. The molecule has 9 heteroatoms. The van der Waals surface area contributed by atoms with Crippen molar-refractivity contribution in [1.29, 1.82) is 0 Å². The Kier molecular flexibility index (Phi) is 5.38. The van der Waals surface area contributed by atoms with Crippen LogP contribution in [0, 0.1) is 6.92 Å². The number of hydrogen-bond donors (Lipinski definition) is 0. The van der Waals surface area contributed by atoms with Gasteiger partial charge in [-0.25, -0.2) is 8.42 Å². The van der Waals surface area contributed by atoms with Crippen molar-refractivity contribution in [2.75, 3.05) is 25.3 Å². The molecule has 8 nitrogen and oxygen atoms in total. The molecule has 0 aliphatic carbocycles. The minimum absolute atomic E-state index is 0.0630. The standard InChI is InChI=1S/C27H28N2O6S/c1-4-28-12-17(21-11-20(33-3)5-6-23(21)28)10-24-25(30)22-9-18-13-29(19-7-8-36(31,32)14-19)15-34-26(18)16(2)27(22)35-24/h5-6,9-12,19H,4,7-8,13-15H2,1-3H3/b24-10-. The van der Waals surface area contributed by atoms with Crippen molar-refractivity contribution in [3.05, 3.63) is 58.5 Å². The topological polar surface area (TPSA) is 87.1 Å². The summed E-state index contributed by atoms with van der Waals surface area (Å²) in [5.41, 5.74) is 4.12. The Morgan fingerprint density at radius 2 is 2.06 bits per heavy atom. The van der Waals surface area contributed by atoms with Crippen molar-refractivity contribution >= 4 is 32.6 Å². The lowest BCUT2D eigenvalue weighted by Gasteiger charge is -2.33. The first-order chi connectivity index (χ1) is 17.3. The molecule has 1 saturated heterocycles. The van der Waals surface area contributed by atoms with Crippen molar-refractivity contribution < 1.29 is 27.4 Å². The molecular formula is C27H28N2O6S. The van der Waals surface area contributed by atoms with E-state index in [4.69, 9.17) is 14.2 Å². The lowest BCUT2D eigenvalue weighted by atomic mass is 9.99. The molecule has 0 amide bonds. The number of aryl methyl sites for hydroxylation is 1. The minimum Gasteiger partial charge on any atom is -0.497 e. The molecule has 0 radical (unpaired) electrons. The first-order valence-corrected chi connectivity index (χ1v) is 13.9. The molecule has 0 spiro atoms. The number of ketones is 1. The zero-order valence-electron chi connectivity index (χ0n) is 20.5. The largest absolute Gasteiger partial charge is 0.497 e. The first kappa shape index (κ1) is 23.1. The number of fused-ring (bicyclic) bond motifs is 3. The van der Waals surface area contributed by atoms with Gasteiger partial charge in [-0.15, -0.1) is 0 Å². The van der Waals surface area contributed by atoms with Gasteiger partial charge in [0.25, 0.3) is 0 Å². The molecule has 0 saturated carbocycles. The maximum atomic E-state index is 13.4. The highest BCUT2D eigenvalue weighted by Crippen LogP contribution is 2.44. The van der Waals surface area contributed by atoms with Gasteiger partial charge in [-0.2, -0.15) is 0 Å². The maximum absolute atomic E-state index is 13.4. The number of rotatable bonds is 4. The van der Waals surface area contributed by atoms with Gasteiger partial charge in [0.1, 0.15) is 24.0 Å². The van der Waals surface area contributed by atoms with Crippen LogP contribution in [0.5, 0.6) is 17.2 Å². The highest BCUT2D eigenvalue weighted by atomic mass is 32.2. The zero-order valence-corrected chi connectivity index (χ0v) is 21.4. The molecule has 4 heterocycles. The Balaban J connectivity index is 1.34. The highest BCUT2D eigenvalue weighted by molar-refractivity contribution is 7.91. The summed E-state index contributed by atoms with van der Waals surface area (Å²) in [6.45, 7) is 5.63. The van der Waals surface area contributed by atoms with Crippen LogP contribution in [-0.4, -0.2) is 55.1 Å². The van der Waals surface area contributed by atoms with Gasteiger partial charge in [-0.05, 0) is 50.6 Å². The minimum atomic E-state index is -2.99. The number of ether oxygens (including phenoxy) is 3. The third kappa shape index (κ3) is 3.69. The number of sulfone groups is 1. The Hall–Kier alpha value is -3.30. The fourth-order valence-corrected chi connectivity index (χ4v) is 7.27. The molecule has 1 fully saturated rings. The van der Waals surface area contributed by atoms with Gasteiger partial charge in [-0.3, -0.25) is 9.69 Å². The van der Waals surface area contributed by atoms with Crippen LogP contribution in [0.15, 0.2) is 36.2 Å². The average molecular weight is 509 g/mol. The van der Waals surface area contributed by atoms with Gasteiger partial charge in [0, 0.05) is 52.9 Å². The monoisotopic (exact) mass is 508 g/mol. The van der Waals surface area contributed by atoms with Gasteiger partial charge < -0.3 is 18.8 Å². The summed E-state index contributed by atoms with van der Waals surface area (Å²) in [6.07, 6.45) is 4.42. The third-order valence-electron chi connectivity index (χ3n) is 7.44. The summed E-state index contributed by atoms with van der Waals surface area (Å²) in [7, 11) is -1.36. The summed E-state index contributed by atoms with van der Waals surface area (Å²) in [6, 6.07) is 7.69. The Morgan fingerprint density at radius 1 is 1.22 bits per heavy atom. The van der Waals surface area contributed by atoms with Crippen LogP contribution in [0.25, 0.3) is 17.0 Å². The second kappa shape index (κ2) is 8.38.